The van der Waals surface area contributed by atoms with E-state index < -0.39 is 9.84 Å². The zero-order valence-corrected chi connectivity index (χ0v) is 18.1. The fourth-order valence-corrected chi connectivity index (χ4v) is 5.49. The van der Waals surface area contributed by atoms with Crippen molar-refractivity contribution in [3.63, 3.8) is 0 Å². The molecule has 6 nitrogen and oxygen atoms in total. The zero-order valence-electron chi connectivity index (χ0n) is 17.3. The molecule has 1 atom stereocenters. The van der Waals surface area contributed by atoms with Gasteiger partial charge in [0.25, 0.3) is 0 Å². The van der Waals surface area contributed by atoms with Gasteiger partial charge in [0.15, 0.2) is 9.84 Å². The summed E-state index contributed by atoms with van der Waals surface area (Å²) in [6.45, 7) is 8.47. The molecule has 1 aromatic heterocycles. The Morgan fingerprint density at radius 1 is 1.21 bits per heavy atom. The Labute approximate surface area is 167 Å². The average molecular weight is 404 g/mol. The summed E-state index contributed by atoms with van der Waals surface area (Å²) >= 11 is 0. The molecule has 0 saturated carbocycles. The molecule has 7 heteroatoms. The molecule has 1 aromatic carbocycles. The summed E-state index contributed by atoms with van der Waals surface area (Å²) in [4.78, 5) is 14.4. The Kier molecular flexibility index (Phi) is 5.66. The number of carbonyl (C=O) groups excluding carboxylic acids is 1. The molecular weight excluding hydrogens is 374 g/mol. The van der Waals surface area contributed by atoms with Crippen LogP contribution in [0.2, 0.25) is 0 Å². The van der Waals surface area contributed by atoms with Gasteiger partial charge in [-0.1, -0.05) is 18.2 Å². The van der Waals surface area contributed by atoms with Gasteiger partial charge in [0, 0.05) is 24.8 Å². The number of nitrogens with zero attached hydrogens (tertiary/aromatic N) is 3. The quantitative estimate of drug-likeness (QED) is 0.769. The van der Waals surface area contributed by atoms with Crippen LogP contribution in [0.25, 0.3) is 0 Å². The van der Waals surface area contributed by atoms with E-state index in [9.17, 15) is 13.2 Å². The number of rotatable bonds is 5. The highest BCUT2D eigenvalue weighted by molar-refractivity contribution is 7.91. The maximum atomic E-state index is 12.7. The lowest BCUT2D eigenvalue weighted by molar-refractivity contribution is -0.129. The SMILES string of the molecule is Cc1ccc(CC(=O)N(C)Cc2c(C)nn([C@H]3CCS(=O)(=O)C3)c2C)cc1C. The van der Waals surface area contributed by atoms with Crippen LogP contribution in [0.4, 0.5) is 0 Å². The van der Waals surface area contributed by atoms with Gasteiger partial charge in [-0.3, -0.25) is 9.48 Å². The van der Waals surface area contributed by atoms with E-state index >= 15 is 0 Å². The summed E-state index contributed by atoms with van der Waals surface area (Å²) in [6, 6.07) is 6.01. The van der Waals surface area contributed by atoms with Gasteiger partial charge in [0.05, 0.1) is 29.7 Å². The Morgan fingerprint density at radius 3 is 2.54 bits per heavy atom. The predicted molar refractivity (Wildman–Crippen MR) is 110 cm³/mol. The largest absolute Gasteiger partial charge is 0.341 e. The number of aryl methyl sites for hydroxylation is 3. The monoisotopic (exact) mass is 403 g/mol. The highest BCUT2D eigenvalue weighted by Crippen LogP contribution is 2.27. The maximum absolute atomic E-state index is 12.7. The van der Waals surface area contributed by atoms with E-state index in [-0.39, 0.29) is 23.5 Å². The fraction of sp³-hybridized carbons (Fsp3) is 0.524. The number of hydrogen-bond donors (Lipinski definition) is 0. The Bertz CT molecular complexity index is 1010. The van der Waals surface area contributed by atoms with Gasteiger partial charge in [0.2, 0.25) is 5.91 Å². The first kappa shape index (κ1) is 20.6. The van der Waals surface area contributed by atoms with Crippen LogP contribution >= 0.6 is 0 Å². The van der Waals surface area contributed by atoms with Crippen molar-refractivity contribution < 1.29 is 13.2 Å². The van der Waals surface area contributed by atoms with Crippen LogP contribution in [0.1, 0.15) is 46.1 Å². The lowest BCUT2D eigenvalue weighted by atomic mass is 10.0. The van der Waals surface area contributed by atoms with Gasteiger partial charge >= 0.3 is 0 Å². The summed E-state index contributed by atoms with van der Waals surface area (Å²) in [6.07, 6.45) is 0.968. The number of hydrogen-bond acceptors (Lipinski definition) is 4. The van der Waals surface area contributed by atoms with Crippen molar-refractivity contribution in [3.8, 4) is 0 Å². The lowest BCUT2D eigenvalue weighted by Gasteiger charge is -2.18. The zero-order chi connectivity index (χ0) is 20.6. The van der Waals surface area contributed by atoms with Crippen LogP contribution in [0.5, 0.6) is 0 Å². The van der Waals surface area contributed by atoms with Crippen LogP contribution in [0, 0.1) is 27.7 Å². The summed E-state index contributed by atoms with van der Waals surface area (Å²) in [5.41, 5.74) is 6.23. The molecule has 0 spiro atoms. The minimum Gasteiger partial charge on any atom is -0.341 e. The Balaban J connectivity index is 1.72. The van der Waals surface area contributed by atoms with E-state index in [2.05, 4.69) is 25.0 Å². The normalized spacial score (nSPS) is 18.4. The Hall–Kier alpha value is -2.15. The van der Waals surface area contributed by atoms with Crippen LogP contribution in [-0.2, 0) is 27.6 Å². The van der Waals surface area contributed by atoms with Gasteiger partial charge in [-0.05, 0) is 50.8 Å². The van der Waals surface area contributed by atoms with E-state index in [1.165, 1.54) is 11.1 Å². The first-order chi connectivity index (χ1) is 13.1. The van der Waals surface area contributed by atoms with Crippen LogP contribution < -0.4 is 0 Å². The molecule has 0 bridgehead atoms. The topological polar surface area (TPSA) is 72.3 Å². The number of sulfone groups is 1. The molecule has 1 fully saturated rings. The molecule has 152 valence electrons. The summed E-state index contributed by atoms with van der Waals surface area (Å²) < 4.78 is 25.5. The number of carbonyl (C=O) groups is 1. The minimum absolute atomic E-state index is 0.0539. The summed E-state index contributed by atoms with van der Waals surface area (Å²) in [5.74, 6) is 0.425. The van der Waals surface area contributed by atoms with Gasteiger partial charge in [-0.2, -0.15) is 5.10 Å². The number of likely N-dealkylation sites (N-methyl/N-ethyl adjacent to an activating group) is 1. The first-order valence-electron chi connectivity index (χ1n) is 9.62. The van der Waals surface area contributed by atoms with Crippen LogP contribution in [0.3, 0.4) is 0 Å². The van der Waals surface area contributed by atoms with E-state index in [0.29, 0.717) is 19.4 Å². The van der Waals surface area contributed by atoms with Crippen LogP contribution in [0.15, 0.2) is 18.2 Å². The van der Waals surface area contributed by atoms with Gasteiger partial charge in [-0.15, -0.1) is 0 Å². The predicted octanol–water partition coefficient (Wildman–Crippen LogP) is 2.68. The molecule has 0 unspecified atom stereocenters. The second-order valence-electron chi connectivity index (χ2n) is 8.00. The molecule has 1 amide bonds. The molecule has 0 aliphatic carbocycles. The molecule has 0 N–H and O–H groups in total. The molecule has 1 aliphatic rings. The first-order valence-corrected chi connectivity index (χ1v) is 11.4. The summed E-state index contributed by atoms with van der Waals surface area (Å²) in [7, 11) is -1.16. The number of aromatic nitrogens is 2. The third-order valence-electron chi connectivity index (χ3n) is 5.78. The smallest absolute Gasteiger partial charge is 0.227 e. The van der Waals surface area contributed by atoms with E-state index in [0.717, 1.165) is 22.5 Å². The standard InChI is InChI=1S/C21H29N3O3S/c1-14-6-7-18(10-15(14)2)11-21(25)23(5)12-20-16(3)22-24(17(20)4)19-8-9-28(26,27)13-19/h6-7,10,19H,8-9,11-13H2,1-5H3/t19-/m0/s1. The highest BCUT2D eigenvalue weighted by Gasteiger charge is 2.31. The van der Waals surface area contributed by atoms with Crippen molar-refractivity contribution in [2.24, 2.45) is 0 Å². The summed E-state index contributed by atoms with van der Waals surface area (Å²) in [5, 5.41) is 4.59. The average Bonchev–Trinajstić information content (AvgIpc) is 3.11. The van der Waals surface area contributed by atoms with E-state index in [1.54, 1.807) is 11.9 Å². The number of amides is 1. The molecule has 28 heavy (non-hydrogen) atoms. The second-order valence-corrected chi connectivity index (χ2v) is 10.2. The van der Waals surface area contributed by atoms with Gasteiger partial charge < -0.3 is 4.90 Å². The van der Waals surface area contributed by atoms with Gasteiger partial charge in [0.1, 0.15) is 0 Å². The minimum atomic E-state index is -2.97. The third-order valence-corrected chi connectivity index (χ3v) is 7.53. The molecule has 0 radical (unpaired) electrons. The van der Waals surface area contributed by atoms with Crippen molar-refractivity contribution in [2.45, 2.75) is 53.1 Å². The fourth-order valence-electron chi connectivity index (χ4n) is 3.80. The maximum Gasteiger partial charge on any atom is 0.227 e. The lowest BCUT2D eigenvalue weighted by Crippen LogP contribution is -2.28. The molecular formula is C21H29N3O3S. The van der Waals surface area contributed by atoms with Crippen LogP contribution in [-0.4, -0.2) is 47.6 Å². The molecule has 1 saturated heterocycles. The molecule has 1 aliphatic heterocycles. The molecule has 2 heterocycles. The van der Waals surface area contributed by atoms with E-state index in [4.69, 9.17) is 0 Å². The van der Waals surface area contributed by atoms with Crippen molar-refractivity contribution in [3.05, 3.63) is 51.8 Å². The highest BCUT2D eigenvalue weighted by atomic mass is 32.2. The van der Waals surface area contributed by atoms with Crippen molar-refractivity contribution in [2.75, 3.05) is 18.6 Å². The molecule has 2 aromatic rings. The number of benzene rings is 1. The van der Waals surface area contributed by atoms with Crippen molar-refractivity contribution >= 4 is 15.7 Å². The Morgan fingerprint density at radius 2 is 1.93 bits per heavy atom. The second kappa shape index (κ2) is 7.70. The molecule has 3 rings (SSSR count). The van der Waals surface area contributed by atoms with Crippen molar-refractivity contribution in [1.82, 2.24) is 14.7 Å². The third kappa shape index (κ3) is 4.29. The van der Waals surface area contributed by atoms with Crippen molar-refractivity contribution in [1.29, 1.82) is 0 Å². The van der Waals surface area contributed by atoms with E-state index in [1.807, 2.05) is 30.7 Å². The van der Waals surface area contributed by atoms with Gasteiger partial charge in [-0.25, -0.2) is 8.42 Å².